The van der Waals surface area contributed by atoms with E-state index in [1.54, 1.807) is 0 Å². The molecule has 0 amide bonds. The molecule has 1 fully saturated rings. The smallest absolute Gasteiger partial charge is 0.109 e. The minimum absolute atomic E-state index is 0.116. The lowest BCUT2D eigenvalue weighted by Crippen LogP contribution is -2.21. The molecule has 0 bridgehead atoms. The molecule has 1 aliphatic rings. The molecule has 0 aromatic heterocycles. The first-order chi connectivity index (χ1) is 5.63. The zero-order valence-electron chi connectivity index (χ0n) is 7.99. The topological polar surface area (TPSA) is 18.5 Å². The lowest BCUT2D eigenvalue weighted by molar-refractivity contribution is 0.0443. The zero-order valence-corrected chi connectivity index (χ0v) is 8.88. The highest BCUT2D eigenvalue weighted by Gasteiger charge is 2.32. The largest absolute Gasteiger partial charge is 0.382 e. The molecule has 0 aromatic carbocycles. The van der Waals surface area contributed by atoms with E-state index in [4.69, 9.17) is 17.1 Å². The second kappa shape index (κ2) is 4.60. The summed E-state index contributed by atoms with van der Waals surface area (Å²) in [5.74, 6) is 0. The van der Waals surface area contributed by atoms with Crippen LogP contribution in [0.3, 0.4) is 0 Å². The van der Waals surface area contributed by atoms with Gasteiger partial charge in [0, 0.05) is 14.2 Å². The Morgan fingerprint density at radius 2 is 2.25 bits per heavy atom. The first-order valence-corrected chi connectivity index (χ1v) is 6.54. The summed E-state index contributed by atoms with van der Waals surface area (Å²) in [6.45, 7) is 6.31. The average molecular weight is 186 g/mol. The van der Waals surface area contributed by atoms with Gasteiger partial charge in [-0.25, -0.2) is 0 Å². The van der Waals surface area contributed by atoms with Gasteiger partial charge in [0.1, 0.15) is 7.85 Å². The van der Waals surface area contributed by atoms with Crippen molar-refractivity contribution in [3.05, 3.63) is 0 Å². The molecule has 2 nitrogen and oxygen atoms in total. The van der Waals surface area contributed by atoms with Gasteiger partial charge < -0.3 is 9.26 Å². The highest BCUT2D eigenvalue weighted by Crippen LogP contribution is 2.35. The van der Waals surface area contributed by atoms with Crippen LogP contribution in [0.15, 0.2) is 0 Å². The summed E-state index contributed by atoms with van der Waals surface area (Å²) < 4.78 is 11.2. The van der Waals surface area contributed by atoms with Gasteiger partial charge in [-0.3, -0.25) is 0 Å². The molecule has 0 aromatic rings. The molecule has 3 atom stereocenters. The maximum atomic E-state index is 5.74. The number of rotatable bonds is 3. The van der Waals surface area contributed by atoms with Crippen molar-refractivity contribution in [3.63, 3.8) is 0 Å². The van der Waals surface area contributed by atoms with Crippen LogP contribution in [-0.4, -0.2) is 39.4 Å². The number of hydrogen-bond donors (Lipinski definition) is 0. The van der Waals surface area contributed by atoms with Crippen LogP contribution in [0.2, 0.25) is 0 Å². The van der Waals surface area contributed by atoms with Gasteiger partial charge in [0.15, 0.2) is 0 Å². The highest BCUT2D eigenvalue weighted by molar-refractivity contribution is 7.50. The van der Waals surface area contributed by atoms with Gasteiger partial charge in [-0.2, -0.15) is 0 Å². The third-order valence-corrected chi connectivity index (χ3v) is 2.67. The van der Waals surface area contributed by atoms with E-state index < -0.39 is 0 Å². The lowest BCUT2D eigenvalue weighted by Gasteiger charge is -2.19. The van der Waals surface area contributed by atoms with E-state index in [0.29, 0.717) is 0 Å². The summed E-state index contributed by atoms with van der Waals surface area (Å²) in [4.78, 5) is 0. The van der Waals surface area contributed by atoms with E-state index in [0.717, 1.165) is 12.8 Å². The van der Waals surface area contributed by atoms with Crippen LogP contribution < -0.4 is 0 Å². The summed E-state index contributed by atoms with van der Waals surface area (Å²) in [5.41, 5.74) is 0. The van der Waals surface area contributed by atoms with Crippen molar-refractivity contribution in [2.75, 3.05) is 13.3 Å². The second-order valence-electron chi connectivity index (χ2n) is 3.31. The Kier molecular flexibility index (Phi) is 4.02. The molecular formula is C8H16BO2P. The number of ether oxygens (including phenoxy) is 1. The summed E-state index contributed by atoms with van der Waals surface area (Å²) >= 11 is 0. The fourth-order valence-corrected chi connectivity index (χ4v) is 2.25. The van der Waals surface area contributed by atoms with Crippen LogP contribution in [-0.2, 0) is 9.26 Å². The Morgan fingerprint density at radius 1 is 1.58 bits per heavy atom. The van der Waals surface area contributed by atoms with Crippen molar-refractivity contribution < 1.29 is 9.26 Å². The van der Waals surface area contributed by atoms with Crippen molar-refractivity contribution in [1.82, 2.24) is 0 Å². The van der Waals surface area contributed by atoms with Crippen LogP contribution in [0.5, 0.6) is 0 Å². The molecule has 1 rings (SSSR count). The Bertz CT molecular complexity index is 143. The molecule has 68 valence electrons. The van der Waals surface area contributed by atoms with Crippen molar-refractivity contribution in [3.8, 4) is 0 Å². The van der Waals surface area contributed by atoms with Crippen LogP contribution in [0.1, 0.15) is 19.8 Å². The molecule has 2 radical (unpaired) electrons. The van der Waals surface area contributed by atoms with Gasteiger partial charge in [0.25, 0.3) is 0 Å². The van der Waals surface area contributed by atoms with Crippen molar-refractivity contribution in [2.24, 2.45) is 0 Å². The van der Waals surface area contributed by atoms with Crippen molar-refractivity contribution in [2.45, 2.75) is 38.0 Å². The van der Waals surface area contributed by atoms with Crippen LogP contribution in [0.4, 0.5) is 0 Å². The van der Waals surface area contributed by atoms with Gasteiger partial charge in [0.05, 0.1) is 12.2 Å². The third-order valence-electron chi connectivity index (χ3n) is 1.98. The third kappa shape index (κ3) is 2.72. The molecule has 12 heavy (non-hydrogen) atoms. The maximum absolute atomic E-state index is 5.74. The van der Waals surface area contributed by atoms with E-state index in [1.807, 2.05) is 0 Å². The molecular weight excluding hydrogens is 170 g/mol. The van der Waals surface area contributed by atoms with Gasteiger partial charge in [-0.15, -0.1) is 0 Å². The minimum Gasteiger partial charge on any atom is -0.382 e. The van der Waals surface area contributed by atoms with E-state index in [2.05, 4.69) is 20.3 Å². The Hall–Kier alpha value is 0.415. The molecule has 0 spiro atoms. The predicted octanol–water partition coefficient (Wildman–Crippen LogP) is 1.72. The van der Waals surface area contributed by atoms with Crippen molar-refractivity contribution in [1.29, 1.82) is 0 Å². The lowest BCUT2D eigenvalue weighted by atomic mass is 9.96. The van der Waals surface area contributed by atoms with Gasteiger partial charge in [-0.05, 0) is 26.2 Å². The normalized spacial score (nSPS) is 36.2. The van der Waals surface area contributed by atoms with E-state index in [-0.39, 0.29) is 26.4 Å². The summed E-state index contributed by atoms with van der Waals surface area (Å²) in [6.07, 6.45) is 2.27. The summed E-state index contributed by atoms with van der Waals surface area (Å²) in [6, 6.07) is -0.116. The van der Waals surface area contributed by atoms with E-state index >= 15 is 0 Å². The Balaban J connectivity index is 2.40. The fourth-order valence-electron chi connectivity index (χ4n) is 1.49. The molecule has 0 saturated carbocycles. The van der Waals surface area contributed by atoms with Crippen LogP contribution >= 0.6 is 8.15 Å². The number of hydrogen-bond acceptors (Lipinski definition) is 2. The van der Waals surface area contributed by atoms with E-state index in [1.165, 1.54) is 0 Å². The van der Waals surface area contributed by atoms with Gasteiger partial charge in [0.2, 0.25) is 0 Å². The molecule has 1 unspecified atom stereocenters. The summed E-state index contributed by atoms with van der Waals surface area (Å²) in [7, 11) is 5.37. The Morgan fingerprint density at radius 3 is 2.75 bits per heavy atom. The molecule has 0 N–H and O–H groups in total. The Labute approximate surface area is 77.3 Å². The van der Waals surface area contributed by atoms with Gasteiger partial charge in [-0.1, -0.05) is 6.92 Å². The zero-order chi connectivity index (χ0) is 9.14. The standard InChI is InChI=1S/C8H16BO2P/c1-4-6-7(11-12(2)3)5-8(9)10-6/h6-8H,4-5H2,1-3H3/t6-,7?,8-/m1/s1. The first-order valence-electron chi connectivity index (χ1n) is 4.38. The molecule has 1 aliphatic heterocycles. The monoisotopic (exact) mass is 186 g/mol. The van der Waals surface area contributed by atoms with Gasteiger partial charge >= 0.3 is 0 Å². The average Bonchev–Trinajstić information content (AvgIpc) is 2.29. The maximum Gasteiger partial charge on any atom is 0.109 e. The molecule has 1 heterocycles. The molecule has 1 saturated heterocycles. The molecule has 4 heteroatoms. The first kappa shape index (κ1) is 10.5. The SMILES string of the molecule is [B][C@H]1CC(OP(C)C)[C@@H](CC)O1. The fraction of sp³-hybridized carbons (Fsp3) is 1.00. The highest BCUT2D eigenvalue weighted by atomic mass is 31.1. The van der Waals surface area contributed by atoms with Crippen LogP contribution in [0, 0.1) is 0 Å². The minimum atomic E-state index is -0.298. The second-order valence-corrected chi connectivity index (χ2v) is 5.15. The quantitative estimate of drug-likeness (QED) is 0.493. The predicted molar refractivity (Wildman–Crippen MR) is 53.0 cm³/mol. The molecule has 0 aliphatic carbocycles. The summed E-state index contributed by atoms with van der Waals surface area (Å²) in [5, 5.41) is 0. The van der Waals surface area contributed by atoms with Crippen molar-refractivity contribution >= 4 is 16.0 Å². The van der Waals surface area contributed by atoms with Crippen LogP contribution in [0.25, 0.3) is 0 Å². The van der Waals surface area contributed by atoms with E-state index in [9.17, 15) is 0 Å².